The van der Waals surface area contributed by atoms with Crippen LogP contribution in [0.1, 0.15) is 26.5 Å². The summed E-state index contributed by atoms with van der Waals surface area (Å²) in [6.07, 6.45) is -2.46. The molecule has 214 valence electrons. The van der Waals surface area contributed by atoms with Gasteiger partial charge >= 0.3 is 14.2 Å². The van der Waals surface area contributed by atoms with E-state index in [0.29, 0.717) is 28.9 Å². The summed E-state index contributed by atoms with van der Waals surface area (Å²) in [5, 5.41) is 2.71. The molecule has 1 aliphatic heterocycles. The third-order valence-corrected chi connectivity index (χ3v) is 5.65. The van der Waals surface area contributed by atoms with E-state index in [1.165, 1.54) is 0 Å². The molecular formula is C22H30F5N4O6P. The Hall–Kier alpha value is -2.71. The van der Waals surface area contributed by atoms with Crippen LogP contribution in [0.3, 0.4) is 0 Å². The van der Waals surface area contributed by atoms with E-state index in [2.05, 4.69) is 10.1 Å². The first-order valence-electron chi connectivity index (χ1n) is 11.0. The third-order valence-electron chi connectivity index (χ3n) is 4.45. The summed E-state index contributed by atoms with van der Waals surface area (Å²) in [7, 11) is -0.139. The lowest BCUT2D eigenvalue weighted by Crippen LogP contribution is -2.35. The van der Waals surface area contributed by atoms with Gasteiger partial charge in [0.2, 0.25) is 13.2 Å². The highest BCUT2D eigenvalue weighted by molar-refractivity contribution is 7.45. The van der Waals surface area contributed by atoms with Gasteiger partial charge in [-0.1, -0.05) is 18.2 Å². The first-order chi connectivity index (χ1) is 18.0. The number of ether oxygens (including phenoxy) is 2. The zero-order chi connectivity index (χ0) is 28.7. The molecule has 16 heteroatoms. The van der Waals surface area contributed by atoms with E-state index in [4.69, 9.17) is 24.3 Å². The fourth-order valence-electron chi connectivity index (χ4n) is 2.67. The number of hydrogen-bond acceptors (Lipinski definition) is 9. The molecule has 10 nitrogen and oxygen atoms in total. The molecule has 3 unspecified atom stereocenters. The lowest BCUT2D eigenvalue weighted by molar-refractivity contribution is -0.119. The Morgan fingerprint density at radius 3 is 2.47 bits per heavy atom. The first kappa shape index (κ1) is 33.3. The van der Waals surface area contributed by atoms with E-state index >= 15 is 0 Å². The van der Waals surface area contributed by atoms with Crippen LogP contribution in [0.2, 0.25) is 0 Å². The molecule has 1 aromatic carbocycles. The summed E-state index contributed by atoms with van der Waals surface area (Å²) in [6.45, 7) is 1.85. The number of nitrogen functional groups attached to an aromatic ring is 1. The summed E-state index contributed by atoms with van der Waals surface area (Å²) in [5.74, 6) is -4.84. The largest absolute Gasteiger partial charge is 0.436 e. The highest BCUT2D eigenvalue weighted by atomic mass is 31.2. The highest BCUT2D eigenvalue weighted by Gasteiger charge is 2.52. The molecule has 0 radical (unpaired) electrons. The van der Waals surface area contributed by atoms with Crippen LogP contribution in [0.25, 0.3) is 0 Å². The molecule has 3 atom stereocenters. The van der Waals surface area contributed by atoms with E-state index in [1.807, 2.05) is 13.8 Å². The number of nitrogens with two attached hydrogens (primary N) is 1. The number of carbonyl (C=O) groups is 1. The molecule has 1 aromatic heterocycles. The van der Waals surface area contributed by atoms with Crippen molar-refractivity contribution in [3.63, 3.8) is 0 Å². The number of aldehydes is 1. The minimum absolute atomic E-state index is 0.0748. The smallest absolute Gasteiger partial charge is 0.352 e. The van der Waals surface area contributed by atoms with Gasteiger partial charge in [0.25, 0.3) is 5.92 Å². The Morgan fingerprint density at radius 2 is 1.92 bits per heavy atom. The van der Waals surface area contributed by atoms with Crippen LogP contribution in [0.5, 0.6) is 5.75 Å². The number of anilines is 1. The van der Waals surface area contributed by atoms with E-state index in [9.17, 15) is 31.5 Å². The Morgan fingerprint density at radius 1 is 1.32 bits per heavy atom. The van der Waals surface area contributed by atoms with Gasteiger partial charge in [0.1, 0.15) is 12.0 Å². The van der Waals surface area contributed by atoms with Gasteiger partial charge in [0, 0.05) is 13.5 Å². The minimum Gasteiger partial charge on any atom is -0.436 e. The molecule has 2 heterocycles. The summed E-state index contributed by atoms with van der Waals surface area (Å²) >= 11 is 0. The SMILES string of the molecule is COC(C)C.FCF.Nc1nc(=O)n(C2OC(COP(NCC=O)Oc3ccccc3)CC2(F)F)cc1F. The molecule has 0 spiro atoms. The molecule has 0 saturated carbocycles. The maximum absolute atomic E-state index is 14.4. The van der Waals surface area contributed by atoms with Gasteiger partial charge in [-0.15, -0.1) is 0 Å². The molecule has 0 aliphatic carbocycles. The van der Waals surface area contributed by atoms with Gasteiger partial charge in [-0.05, 0) is 26.0 Å². The van der Waals surface area contributed by atoms with Crippen molar-refractivity contribution in [2.45, 2.75) is 44.6 Å². The number of nitrogens with one attached hydrogen (secondary N) is 1. The first-order valence-corrected chi connectivity index (χ1v) is 12.2. The lowest BCUT2D eigenvalue weighted by Gasteiger charge is -2.20. The average Bonchev–Trinajstić information content (AvgIpc) is 3.18. The topological polar surface area (TPSA) is 127 Å². The van der Waals surface area contributed by atoms with Crippen LogP contribution in [-0.2, 0) is 18.8 Å². The molecule has 38 heavy (non-hydrogen) atoms. The second-order valence-electron chi connectivity index (χ2n) is 7.61. The number of hydrogen-bond donors (Lipinski definition) is 2. The van der Waals surface area contributed by atoms with Gasteiger partial charge in [-0.25, -0.2) is 31.8 Å². The van der Waals surface area contributed by atoms with E-state index in [0.717, 1.165) is 0 Å². The van der Waals surface area contributed by atoms with Crippen molar-refractivity contribution in [3.05, 3.63) is 52.8 Å². The zero-order valence-corrected chi connectivity index (χ0v) is 21.8. The number of benzene rings is 1. The molecule has 3 N–H and O–H groups in total. The van der Waals surface area contributed by atoms with Crippen molar-refractivity contribution in [1.82, 2.24) is 14.6 Å². The Balaban J connectivity index is 0.000000794. The van der Waals surface area contributed by atoms with Crippen molar-refractivity contribution >= 4 is 20.6 Å². The second-order valence-corrected chi connectivity index (χ2v) is 8.88. The van der Waals surface area contributed by atoms with E-state index in [-0.39, 0.29) is 13.2 Å². The fourth-order valence-corrected chi connectivity index (χ4v) is 3.72. The molecule has 1 saturated heterocycles. The number of aromatic nitrogens is 2. The van der Waals surface area contributed by atoms with Crippen molar-refractivity contribution in [2.24, 2.45) is 0 Å². The fraction of sp³-hybridized carbons (Fsp3) is 0.500. The quantitative estimate of drug-likeness (QED) is 0.247. The molecule has 1 fully saturated rings. The molecule has 0 bridgehead atoms. The van der Waals surface area contributed by atoms with Crippen molar-refractivity contribution in [3.8, 4) is 5.75 Å². The predicted octanol–water partition coefficient (Wildman–Crippen LogP) is 3.92. The van der Waals surface area contributed by atoms with Crippen molar-refractivity contribution < 1.29 is 45.3 Å². The van der Waals surface area contributed by atoms with Gasteiger partial charge < -0.3 is 29.0 Å². The molecule has 0 amide bonds. The van der Waals surface area contributed by atoms with Gasteiger partial charge in [0.05, 0.1) is 31.6 Å². The molecular weight excluding hydrogens is 542 g/mol. The van der Waals surface area contributed by atoms with E-state index in [1.54, 1.807) is 37.4 Å². The number of methoxy groups -OCH3 is 1. The maximum Gasteiger partial charge on any atom is 0.352 e. The van der Waals surface area contributed by atoms with Gasteiger partial charge in [0.15, 0.2) is 11.6 Å². The number of para-hydroxylation sites is 1. The summed E-state index contributed by atoms with van der Waals surface area (Å²) in [5.41, 5.74) is 4.01. The Kier molecular flexibility index (Phi) is 14.9. The van der Waals surface area contributed by atoms with Crippen LogP contribution in [0.4, 0.5) is 27.8 Å². The Bertz CT molecular complexity index is 1020. The van der Waals surface area contributed by atoms with E-state index < -0.39 is 57.5 Å². The monoisotopic (exact) mass is 572 g/mol. The van der Waals surface area contributed by atoms with Crippen molar-refractivity contribution in [2.75, 3.05) is 32.9 Å². The standard InChI is InChI=1S/C17H18F3N4O5P.C4H10O.CH2F2/c18-13-9-24(16(26)23-14(13)21)15-17(19,20)8-12(28-15)10-27-30(22-6-7-25)29-11-4-2-1-3-5-11;1-4(2)5-3;2-1-3/h1-5,7,9,12,15,22H,6,8,10H2,(H2,21,23,26);4H,1-3H3;1H2. The number of nitrogens with zero attached hydrogens (tertiary/aromatic N) is 2. The van der Waals surface area contributed by atoms with Crippen LogP contribution < -0.4 is 21.0 Å². The second kappa shape index (κ2) is 17.0. The molecule has 2 aromatic rings. The normalized spacial score (nSPS) is 18.6. The highest BCUT2D eigenvalue weighted by Crippen LogP contribution is 2.43. The van der Waals surface area contributed by atoms with Crippen molar-refractivity contribution in [1.29, 1.82) is 0 Å². The molecule has 3 rings (SSSR count). The maximum atomic E-state index is 14.4. The number of halogens is 5. The third kappa shape index (κ3) is 11.4. The number of rotatable bonds is 10. The summed E-state index contributed by atoms with van der Waals surface area (Å²) < 4.78 is 83.2. The lowest BCUT2D eigenvalue weighted by atomic mass is 10.2. The minimum atomic E-state index is -3.48. The van der Waals surface area contributed by atoms with Gasteiger partial charge in [-0.2, -0.15) is 4.98 Å². The van der Waals surface area contributed by atoms with Crippen LogP contribution in [0, 0.1) is 5.82 Å². The zero-order valence-electron chi connectivity index (χ0n) is 20.9. The Labute approximate surface area is 217 Å². The average molecular weight is 572 g/mol. The number of alkyl halides is 4. The van der Waals surface area contributed by atoms with Crippen LogP contribution in [0.15, 0.2) is 41.3 Å². The van der Waals surface area contributed by atoms with Crippen LogP contribution in [-0.4, -0.2) is 61.2 Å². The predicted molar refractivity (Wildman–Crippen MR) is 130 cm³/mol. The summed E-state index contributed by atoms with van der Waals surface area (Å²) in [6, 6.07) is 8.55. The summed E-state index contributed by atoms with van der Waals surface area (Å²) in [4.78, 5) is 25.7. The molecule has 1 aliphatic rings. The van der Waals surface area contributed by atoms with Gasteiger partial charge in [-0.3, -0.25) is 4.57 Å². The number of carbonyl (C=O) groups excluding carboxylic acids is 1. The van der Waals surface area contributed by atoms with Crippen LogP contribution >= 0.6 is 8.53 Å².